The van der Waals surface area contributed by atoms with E-state index in [4.69, 9.17) is 11.6 Å². The molecule has 1 atom stereocenters. The second kappa shape index (κ2) is 5.72. The number of aldehydes is 1. The molecular weight excluding hydrogens is 248 g/mol. The summed E-state index contributed by atoms with van der Waals surface area (Å²) in [5.41, 5.74) is 1.68. The molecule has 0 bridgehead atoms. The van der Waals surface area contributed by atoms with E-state index >= 15 is 0 Å². The van der Waals surface area contributed by atoms with E-state index in [-0.39, 0.29) is 0 Å². The zero-order valence-electron chi connectivity index (χ0n) is 10.9. The minimum atomic E-state index is 0.400. The summed E-state index contributed by atoms with van der Waals surface area (Å²) in [5.74, 6) is 0. The number of nitrogens with zero attached hydrogens (tertiary/aromatic N) is 2. The number of hydrogen-bond acceptors (Lipinski definition) is 3. The molecule has 0 aromatic heterocycles. The highest BCUT2D eigenvalue weighted by Gasteiger charge is 2.21. The van der Waals surface area contributed by atoms with Gasteiger partial charge in [-0.3, -0.25) is 4.79 Å². The lowest BCUT2D eigenvalue weighted by molar-refractivity contribution is 0.112. The van der Waals surface area contributed by atoms with Gasteiger partial charge >= 0.3 is 0 Å². The molecule has 1 aliphatic heterocycles. The van der Waals surface area contributed by atoms with Crippen LogP contribution in [0.1, 0.15) is 23.7 Å². The van der Waals surface area contributed by atoms with Crippen molar-refractivity contribution in [2.45, 2.75) is 19.4 Å². The van der Waals surface area contributed by atoms with Gasteiger partial charge in [0.05, 0.1) is 0 Å². The van der Waals surface area contributed by atoms with Crippen LogP contribution in [0.4, 0.5) is 5.69 Å². The van der Waals surface area contributed by atoms with E-state index < -0.39 is 0 Å². The zero-order chi connectivity index (χ0) is 13.1. The Morgan fingerprint density at radius 2 is 2.17 bits per heavy atom. The zero-order valence-corrected chi connectivity index (χ0v) is 11.7. The van der Waals surface area contributed by atoms with Crippen LogP contribution in [-0.4, -0.2) is 43.9 Å². The van der Waals surface area contributed by atoms with Crippen LogP contribution >= 0.6 is 11.6 Å². The van der Waals surface area contributed by atoms with Crippen molar-refractivity contribution in [2.24, 2.45) is 0 Å². The van der Waals surface area contributed by atoms with E-state index in [1.807, 2.05) is 12.1 Å². The third-order valence-corrected chi connectivity index (χ3v) is 3.71. The predicted octanol–water partition coefficient (Wildman–Crippen LogP) is 2.68. The summed E-state index contributed by atoms with van der Waals surface area (Å²) in [5, 5.41) is 0.612. The molecule has 0 amide bonds. The maximum absolute atomic E-state index is 11.2. The van der Waals surface area contributed by atoms with E-state index in [1.54, 1.807) is 6.07 Å². The maximum atomic E-state index is 11.2. The summed E-state index contributed by atoms with van der Waals surface area (Å²) < 4.78 is 0. The minimum absolute atomic E-state index is 0.400. The monoisotopic (exact) mass is 266 g/mol. The van der Waals surface area contributed by atoms with Crippen molar-refractivity contribution in [1.29, 1.82) is 0 Å². The van der Waals surface area contributed by atoms with Crippen molar-refractivity contribution in [3.05, 3.63) is 28.8 Å². The molecule has 1 fully saturated rings. The fraction of sp³-hybridized carbons (Fsp3) is 0.500. The van der Waals surface area contributed by atoms with Crippen LogP contribution in [-0.2, 0) is 0 Å². The van der Waals surface area contributed by atoms with Gasteiger partial charge in [-0.25, -0.2) is 0 Å². The van der Waals surface area contributed by atoms with Crippen molar-refractivity contribution in [3.63, 3.8) is 0 Å². The summed E-state index contributed by atoms with van der Waals surface area (Å²) in [6, 6.07) is 5.95. The highest BCUT2D eigenvalue weighted by atomic mass is 35.5. The fourth-order valence-corrected chi connectivity index (χ4v) is 2.79. The molecule has 1 saturated heterocycles. The van der Waals surface area contributed by atoms with Crippen molar-refractivity contribution < 1.29 is 4.79 Å². The van der Waals surface area contributed by atoms with Gasteiger partial charge in [0.2, 0.25) is 0 Å². The lowest BCUT2D eigenvalue weighted by Crippen LogP contribution is -2.38. The van der Waals surface area contributed by atoms with Crippen LogP contribution in [0.3, 0.4) is 0 Å². The number of anilines is 1. The summed E-state index contributed by atoms with van der Waals surface area (Å²) in [7, 11) is 2.14. The van der Waals surface area contributed by atoms with Gasteiger partial charge in [-0.05, 0) is 45.1 Å². The Kier molecular flexibility index (Phi) is 4.25. The average Bonchev–Trinajstić information content (AvgIpc) is 2.50. The van der Waals surface area contributed by atoms with E-state index in [0.717, 1.165) is 38.0 Å². The molecule has 4 heteroatoms. The summed E-state index contributed by atoms with van der Waals surface area (Å²) >= 11 is 5.94. The Hall–Kier alpha value is -1.06. The Balaban J connectivity index is 2.32. The molecule has 18 heavy (non-hydrogen) atoms. The molecule has 0 spiro atoms. The third kappa shape index (κ3) is 2.85. The number of carbonyl (C=O) groups excluding carboxylic acids is 1. The van der Waals surface area contributed by atoms with Crippen molar-refractivity contribution in [3.8, 4) is 0 Å². The topological polar surface area (TPSA) is 23.6 Å². The molecule has 1 aromatic rings. The van der Waals surface area contributed by atoms with Gasteiger partial charge in [-0.1, -0.05) is 11.6 Å². The number of benzene rings is 1. The fourth-order valence-electron chi connectivity index (χ4n) is 2.61. The first-order chi connectivity index (χ1) is 8.61. The predicted molar refractivity (Wildman–Crippen MR) is 75.8 cm³/mol. The van der Waals surface area contributed by atoms with Crippen LogP contribution in [0.15, 0.2) is 18.2 Å². The van der Waals surface area contributed by atoms with Crippen molar-refractivity contribution in [1.82, 2.24) is 4.90 Å². The second-order valence-electron chi connectivity index (χ2n) is 4.98. The molecule has 98 valence electrons. The van der Waals surface area contributed by atoms with Gasteiger partial charge < -0.3 is 9.80 Å². The lowest BCUT2D eigenvalue weighted by atomic mass is 10.1. The van der Waals surface area contributed by atoms with Gasteiger partial charge in [0, 0.05) is 35.4 Å². The highest BCUT2D eigenvalue weighted by Crippen LogP contribution is 2.26. The van der Waals surface area contributed by atoms with Crippen molar-refractivity contribution >= 4 is 23.6 Å². The van der Waals surface area contributed by atoms with E-state index in [1.165, 1.54) is 0 Å². The summed E-state index contributed by atoms with van der Waals surface area (Å²) in [6.07, 6.45) is 2.00. The Morgan fingerprint density at radius 3 is 2.89 bits per heavy atom. The van der Waals surface area contributed by atoms with Crippen LogP contribution in [0.2, 0.25) is 5.02 Å². The maximum Gasteiger partial charge on any atom is 0.152 e. The van der Waals surface area contributed by atoms with Crippen molar-refractivity contribution in [2.75, 3.05) is 31.6 Å². The van der Waals surface area contributed by atoms with Crippen LogP contribution in [0.25, 0.3) is 0 Å². The largest absolute Gasteiger partial charge is 0.367 e. The molecule has 0 aliphatic carbocycles. The molecule has 1 heterocycles. The van der Waals surface area contributed by atoms with Gasteiger partial charge in [0.15, 0.2) is 6.29 Å². The number of halogens is 1. The minimum Gasteiger partial charge on any atom is -0.367 e. The first kappa shape index (κ1) is 13.4. The van der Waals surface area contributed by atoms with Gasteiger partial charge in [-0.15, -0.1) is 0 Å². The normalized spacial score (nSPS) is 21.7. The van der Waals surface area contributed by atoms with E-state index in [0.29, 0.717) is 16.6 Å². The molecule has 1 aromatic carbocycles. The SMILES string of the molecule is CC1CN(C)CCCN1c1ccc(Cl)cc1C=O. The number of carbonyl (C=O) groups is 1. The van der Waals surface area contributed by atoms with Gasteiger partial charge in [0.25, 0.3) is 0 Å². The van der Waals surface area contributed by atoms with E-state index in [2.05, 4.69) is 23.8 Å². The molecule has 0 N–H and O–H groups in total. The summed E-state index contributed by atoms with van der Waals surface area (Å²) in [4.78, 5) is 15.8. The standard InChI is InChI=1S/C14H19ClN2O/c1-11-9-16(2)6-3-7-17(11)14-5-4-13(15)8-12(14)10-18/h4-5,8,10-11H,3,6-7,9H2,1-2H3. The molecule has 3 nitrogen and oxygen atoms in total. The summed E-state index contributed by atoms with van der Waals surface area (Å²) in [6.45, 7) is 5.30. The molecular formula is C14H19ClN2O. The Morgan fingerprint density at radius 1 is 1.39 bits per heavy atom. The Bertz CT molecular complexity index is 436. The number of hydrogen-bond donors (Lipinski definition) is 0. The molecule has 2 rings (SSSR count). The number of rotatable bonds is 2. The van der Waals surface area contributed by atoms with Gasteiger partial charge in [0.1, 0.15) is 0 Å². The smallest absolute Gasteiger partial charge is 0.152 e. The first-order valence-electron chi connectivity index (χ1n) is 6.31. The molecule has 0 radical (unpaired) electrons. The third-order valence-electron chi connectivity index (χ3n) is 3.47. The molecule has 1 unspecified atom stereocenters. The average molecular weight is 267 g/mol. The van der Waals surface area contributed by atoms with Crippen LogP contribution < -0.4 is 4.90 Å². The highest BCUT2D eigenvalue weighted by molar-refractivity contribution is 6.31. The van der Waals surface area contributed by atoms with Gasteiger partial charge in [-0.2, -0.15) is 0 Å². The lowest BCUT2D eigenvalue weighted by Gasteiger charge is -2.31. The Labute approximate surface area is 113 Å². The molecule has 1 aliphatic rings. The second-order valence-corrected chi connectivity index (χ2v) is 5.42. The van der Waals surface area contributed by atoms with Crippen LogP contribution in [0, 0.1) is 0 Å². The van der Waals surface area contributed by atoms with E-state index in [9.17, 15) is 4.79 Å². The quantitative estimate of drug-likeness (QED) is 0.769. The first-order valence-corrected chi connectivity index (χ1v) is 6.69. The van der Waals surface area contributed by atoms with Crippen LogP contribution in [0.5, 0.6) is 0 Å². The number of likely N-dealkylation sites (N-methyl/N-ethyl adjacent to an activating group) is 1. The molecule has 0 saturated carbocycles.